The van der Waals surface area contributed by atoms with E-state index in [2.05, 4.69) is 24.1 Å². The van der Waals surface area contributed by atoms with Gasteiger partial charge in [-0.25, -0.2) is 0 Å². The molecule has 3 unspecified atom stereocenters. The van der Waals surface area contributed by atoms with Gasteiger partial charge in [-0.3, -0.25) is 9.59 Å². The van der Waals surface area contributed by atoms with E-state index >= 15 is 0 Å². The predicted octanol–water partition coefficient (Wildman–Crippen LogP) is 5.01. The molecule has 186 valence electrons. The van der Waals surface area contributed by atoms with Crippen LogP contribution in [0.5, 0.6) is 0 Å². The second-order valence-corrected chi connectivity index (χ2v) is 10.3. The van der Waals surface area contributed by atoms with E-state index in [1.165, 1.54) is 0 Å². The number of nitrogens with zero attached hydrogens (tertiary/aromatic N) is 1. The molecule has 1 aliphatic rings. The van der Waals surface area contributed by atoms with E-state index in [-0.39, 0.29) is 29.6 Å². The summed E-state index contributed by atoms with van der Waals surface area (Å²) in [5.41, 5.74) is 9.91. The molecule has 0 spiro atoms. The Kier molecular flexibility index (Phi) is 7.82. The standard InChI is InChI=1S/C28H35ClN4O2/c1-4-17(2)11-26(34)32-27(18(3)23-15-31-24-8-6-5-7-22(23)24)28(35)33-16-19(14-30)12-20-13-21(29)9-10-25(20)33/h5-10,13,15,17-19,27,31H,4,11-12,14,16,30H2,1-3H3,(H,32,34)/t17?,18?,19-,27?/m1/s1. The quantitative estimate of drug-likeness (QED) is 0.411. The summed E-state index contributed by atoms with van der Waals surface area (Å²) < 4.78 is 0. The normalized spacial score (nSPS) is 18.1. The number of carbonyl (C=O) groups excluding carboxylic acids is 2. The number of para-hydroxylation sites is 1. The van der Waals surface area contributed by atoms with Gasteiger partial charge in [0.2, 0.25) is 11.8 Å². The lowest BCUT2D eigenvalue weighted by Crippen LogP contribution is -2.54. The van der Waals surface area contributed by atoms with Crippen LogP contribution in [-0.2, 0) is 16.0 Å². The number of rotatable bonds is 8. The topological polar surface area (TPSA) is 91.2 Å². The molecule has 0 saturated heterocycles. The fraction of sp³-hybridized carbons (Fsp3) is 0.429. The monoisotopic (exact) mass is 494 g/mol. The molecule has 2 aromatic carbocycles. The van der Waals surface area contributed by atoms with Crippen molar-refractivity contribution in [2.45, 2.75) is 52.0 Å². The lowest BCUT2D eigenvalue weighted by molar-refractivity contribution is -0.128. The Morgan fingerprint density at radius 1 is 1.23 bits per heavy atom. The minimum atomic E-state index is -0.717. The summed E-state index contributed by atoms with van der Waals surface area (Å²) in [5.74, 6) is -0.0953. The number of aromatic nitrogens is 1. The molecule has 0 saturated carbocycles. The third kappa shape index (κ3) is 5.39. The van der Waals surface area contributed by atoms with Crippen LogP contribution in [0, 0.1) is 11.8 Å². The van der Waals surface area contributed by atoms with Crippen molar-refractivity contribution in [3.63, 3.8) is 0 Å². The molecule has 1 aliphatic heterocycles. The van der Waals surface area contributed by atoms with Gasteiger partial charge in [-0.2, -0.15) is 0 Å². The molecule has 4 N–H and O–H groups in total. The Morgan fingerprint density at radius 3 is 2.74 bits per heavy atom. The summed E-state index contributed by atoms with van der Waals surface area (Å²) in [6.45, 7) is 7.11. The molecule has 35 heavy (non-hydrogen) atoms. The first-order chi connectivity index (χ1) is 16.8. The highest BCUT2D eigenvalue weighted by Gasteiger charge is 2.37. The van der Waals surface area contributed by atoms with Crippen LogP contribution >= 0.6 is 11.6 Å². The molecular weight excluding hydrogens is 460 g/mol. The Balaban J connectivity index is 1.71. The van der Waals surface area contributed by atoms with E-state index in [1.807, 2.05) is 55.6 Å². The predicted molar refractivity (Wildman–Crippen MR) is 143 cm³/mol. The molecule has 7 heteroatoms. The van der Waals surface area contributed by atoms with Crippen LogP contribution in [0.25, 0.3) is 10.9 Å². The molecule has 0 radical (unpaired) electrons. The van der Waals surface area contributed by atoms with E-state index in [0.29, 0.717) is 24.5 Å². The minimum Gasteiger partial charge on any atom is -0.361 e. The maximum absolute atomic E-state index is 14.2. The number of H-pyrrole nitrogens is 1. The largest absolute Gasteiger partial charge is 0.361 e. The van der Waals surface area contributed by atoms with Crippen molar-refractivity contribution in [3.8, 4) is 0 Å². The number of hydrogen-bond donors (Lipinski definition) is 3. The van der Waals surface area contributed by atoms with Crippen LogP contribution in [0.15, 0.2) is 48.7 Å². The van der Waals surface area contributed by atoms with Gasteiger partial charge in [0.15, 0.2) is 0 Å². The van der Waals surface area contributed by atoms with Gasteiger partial charge in [-0.05, 0) is 60.2 Å². The van der Waals surface area contributed by atoms with Crippen LogP contribution in [0.2, 0.25) is 5.02 Å². The molecular formula is C28H35ClN4O2. The van der Waals surface area contributed by atoms with Gasteiger partial charge in [0, 0.05) is 46.7 Å². The average molecular weight is 495 g/mol. The molecule has 0 bridgehead atoms. The lowest BCUT2D eigenvalue weighted by Gasteiger charge is -2.37. The van der Waals surface area contributed by atoms with Crippen LogP contribution < -0.4 is 16.0 Å². The van der Waals surface area contributed by atoms with Crippen molar-refractivity contribution in [1.82, 2.24) is 10.3 Å². The van der Waals surface area contributed by atoms with Gasteiger partial charge < -0.3 is 20.9 Å². The number of benzene rings is 2. The summed E-state index contributed by atoms with van der Waals surface area (Å²) >= 11 is 6.27. The number of nitrogens with two attached hydrogens (primary N) is 1. The minimum absolute atomic E-state index is 0.104. The average Bonchev–Trinajstić information content (AvgIpc) is 3.29. The molecule has 0 aliphatic carbocycles. The number of carbonyl (C=O) groups is 2. The zero-order chi connectivity index (χ0) is 25.1. The molecule has 3 aromatic rings. The molecule has 0 fully saturated rings. The fourth-order valence-electron chi connectivity index (χ4n) is 4.99. The second kappa shape index (κ2) is 10.8. The Hall–Kier alpha value is -2.83. The first-order valence-corrected chi connectivity index (χ1v) is 12.8. The van der Waals surface area contributed by atoms with E-state index in [9.17, 15) is 9.59 Å². The van der Waals surface area contributed by atoms with Crippen molar-refractivity contribution in [3.05, 3.63) is 64.8 Å². The highest BCUT2D eigenvalue weighted by Crippen LogP contribution is 2.35. The van der Waals surface area contributed by atoms with E-state index in [4.69, 9.17) is 17.3 Å². The summed E-state index contributed by atoms with van der Waals surface area (Å²) in [6.07, 6.45) is 4.02. The SMILES string of the molecule is CCC(C)CC(=O)NC(C(=O)N1C[C@@H](CN)Cc2cc(Cl)ccc21)C(C)c1c[nH]c2ccccc12. The number of nitrogens with one attached hydrogen (secondary N) is 2. The number of amides is 2. The Morgan fingerprint density at radius 2 is 2.00 bits per heavy atom. The number of anilines is 1. The van der Waals surface area contributed by atoms with Crippen LogP contribution in [0.4, 0.5) is 5.69 Å². The van der Waals surface area contributed by atoms with E-state index in [0.717, 1.165) is 40.6 Å². The summed E-state index contributed by atoms with van der Waals surface area (Å²) in [6, 6.07) is 12.9. The van der Waals surface area contributed by atoms with Gasteiger partial charge in [0.1, 0.15) is 6.04 Å². The molecule has 6 nitrogen and oxygen atoms in total. The van der Waals surface area contributed by atoms with Crippen LogP contribution in [0.1, 0.15) is 50.7 Å². The summed E-state index contributed by atoms with van der Waals surface area (Å²) in [7, 11) is 0. The Bertz CT molecular complexity index is 1210. The number of hydrogen-bond acceptors (Lipinski definition) is 3. The van der Waals surface area contributed by atoms with Crippen molar-refractivity contribution < 1.29 is 9.59 Å². The zero-order valence-corrected chi connectivity index (χ0v) is 21.4. The smallest absolute Gasteiger partial charge is 0.250 e. The Labute approximate surface area is 212 Å². The second-order valence-electron chi connectivity index (χ2n) is 9.87. The maximum atomic E-state index is 14.2. The van der Waals surface area contributed by atoms with Crippen molar-refractivity contribution in [2.75, 3.05) is 18.0 Å². The lowest BCUT2D eigenvalue weighted by atomic mass is 9.88. The van der Waals surface area contributed by atoms with Gasteiger partial charge in [0.05, 0.1) is 0 Å². The van der Waals surface area contributed by atoms with Crippen molar-refractivity contribution in [2.24, 2.45) is 17.6 Å². The molecule has 4 rings (SSSR count). The zero-order valence-electron chi connectivity index (χ0n) is 20.7. The first-order valence-electron chi connectivity index (χ1n) is 12.5. The van der Waals surface area contributed by atoms with Crippen LogP contribution in [0.3, 0.4) is 0 Å². The third-order valence-electron chi connectivity index (χ3n) is 7.31. The highest BCUT2D eigenvalue weighted by molar-refractivity contribution is 6.30. The third-order valence-corrected chi connectivity index (χ3v) is 7.54. The van der Waals surface area contributed by atoms with Gasteiger partial charge >= 0.3 is 0 Å². The first kappa shape index (κ1) is 25.3. The fourth-order valence-corrected chi connectivity index (χ4v) is 5.19. The number of aromatic amines is 1. The highest BCUT2D eigenvalue weighted by atomic mass is 35.5. The molecule has 2 amide bonds. The van der Waals surface area contributed by atoms with E-state index < -0.39 is 6.04 Å². The molecule has 4 atom stereocenters. The number of halogens is 1. The summed E-state index contributed by atoms with van der Waals surface area (Å²) in [5, 5.41) is 4.80. The number of fused-ring (bicyclic) bond motifs is 2. The maximum Gasteiger partial charge on any atom is 0.250 e. The van der Waals surface area contributed by atoms with Crippen molar-refractivity contribution in [1.29, 1.82) is 0 Å². The van der Waals surface area contributed by atoms with E-state index in [1.54, 1.807) is 4.90 Å². The van der Waals surface area contributed by atoms with Crippen molar-refractivity contribution >= 4 is 40.0 Å². The van der Waals surface area contributed by atoms with Gasteiger partial charge in [-0.15, -0.1) is 0 Å². The summed E-state index contributed by atoms with van der Waals surface area (Å²) in [4.78, 5) is 32.3. The van der Waals surface area contributed by atoms with Gasteiger partial charge in [0.25, 0.3) is 0 Å². The molecule has 1 aromatic heterocycles. The van der Waals surface area contributed by atoms with Crippen LogP contribution in [-0.4, -0.2) is 35.9 Å². The molecule has 2 heterocycles. The van der Waals surface area contributed by atoms with Gasteiger partial charge in [-0.1, -0.05) is 57.0 Å².